The smallest absolute Gasteiger partial charge is 0.302 e. The fourth-order valence-electron chi connectivity index (χ4n) is 1.83. The molecule has 0 saturated carbocycles. The molecule has 0 aliphatic carbocycles. The van der Waals surface area contributed by atoms with Crippen molar-refractivity contribution in [2.75, 3.05) is 31.2 Å². The Morgan fingerprint density at radius 3 is 2.00 bits per heavy atom. The maximum Gasteiger partial charge on any atom is 0.302 e. The van der Waals surface area contributed by atoms with Crippen LogP contribution >= 0.6 is 0 Å². The molecule has 1 aromatic rings. The van der Waals surface area contributed by atoms with Gasteiger partial charge < -0.3 is 20.2 Å². The molecule has 0 heterocycles. The lowest BCUT2D eigenvalue weighted by Crippen LogP contribution is -2.31. The van der Waals surface area contributed by atoms with Gasteiger partial charge in [0.05, 0.1) is 19.3 Å². The van der Waals surface area contributed by atoms with Crippen molar-refractivity contribution in [2.45, 2.75) is 13.8 Å². The van der Waals surface area contributed by atoms with Gasteiger partial charge in [-0.15, -0.1) is 0 Å². The van der Waals surface area contributed by atoms with Crippen molar-refractivity contribution in [3.05, 3.63) is 29.8 Å². The van der Waals surface area contributed by atoms with Crippen LogP contribution in [0.3, 0.4) is 0 Å². The number of carbonyl (C=O) groups is 2. The molecule has 0 radical (unpaired) electrons. The zero-order chi connectivity index (χ0) is 16.4. The summed E-state index contributed by atoms with van der Waals surface area (Å²) in [7, 11) is 0. The Balaban J connectivity index is 2.69. The molecule has 2 N–H and O–H groups in total. The third kappa shape index (κ3) is 6.74. The number of hydrogen-bond donors (Lipinski definition) is 1. The van der Waals surface area contributed by atoms with E-state index in [1.54, 1.807) is 6.21 Å². The van der Waals surface area contributed by atoms with Crippen molar-refractivity contribution in [3.63, 3.8) is 0 Å². The minimum Gasteiger partial charge on any atom is -0.464 e. The largest absolute Gasteiger partial charge is 0.464 e. The number of hydrogen-bond acceptors (Lipinski definition) is 7. The van der Waals surface area contributed by atoms with Crippen molar-refractivity contribution >= 4 is 23.8 Å². The molecule has 0 aliphatic heterocycles. The van der Waals surface area contributed by atoms with Gasteiger partial charge in [0, 0.05) is 19.5 Å². The van der Waals surface area contributed by atoms with Crippen molar-refractivity contribution in [3.8, 4) is 0 Å². The summed E-state index contributed by atoms with van der Waals surface area (Å²) >= 11 is 0. The molecule has 1 aromatic carbocycles. The molecule has 7 nitrogen and oxygen atoms in total. The van der Waals surface area contributed by atoms with E-state index in [2.05, 4.69) is 5.10 Å². The van der Waals surface area contributed by atoms with Crippen molar-refractivity contribution in [1.82, 2.24) is 0 Å². The highest BCUT2D eigenvalue weighted by atomic mass is 16.5. The average Bonchev–Trinajstić information content (AvgIpc) is 2.46. The van der Waals surface area contributed by atoms with E-state index in [0.29, 0.717) is 13.1 Å². The van der Waals surface area contributed by atoms with Gasteiger partial charge in [-0.3, -0.25) is 9.59 Å². The molecule has 0 unspecified atom stereocenters. The summed E-state index contributed by atoms with van der Waals surface area (Å²) in [5.41, 5.74) is 1.81. The number of hydrazone groups is 1. The monoisotopic (exact) mass is 307 g/mol. The second kappa shape index (κ2) is 9.38. The maximum atomic E-state index is 10.8. The van der Waals surface area contributed by atoms with E-state index in [-0.39, 0.29) is 25.2 Å². The number of benzene rings is 1. The van der Waals surface area contributed by atoms with Gasteiger partial charge in [-0.05, 0) is 17.7 Å². The van der Waals surface area contributed by atoms with Gasteiger partial charge in [-0.25, -0.2) is 0 Å². The molecule has 0 aliphatic rings. The number of esters is 2. The summed E-state index contributed by atoms with van der Waals surface area (Å²) in [5, 5.41) is 3.46. The minimum absolute atomic E-state index is 0.265. The Hall–Kier alpha value is -2.57. The van der Waals surface area contributed by atoms with E-state index < -0.39 is 0 Å². The fourth-order valence-corrected chi connectivity index (χ4v) is 1.83. The molecular formula is C15H21N3O4. The van der Waals surface area contributed by atoms with Crippen LogP contribution in [0.25, 0.3) is 0 Å². The van der Waals surface area contributed by atoms with Crippen molar-refractivity contribution in [1.29, 1.82) is 0 Å². The van der Waals surface area contributed by atoms with Crippen LogP contribution in [0.15, 0.2) is 29.4 Å². The summed E-state index contributed by atoms with van der Waals surface area (Å²) in [6, 6.07) is 7.55. The SMILES string of the molecule is CC(=O)OCCN(CCOC(C)=O)c1ccc(C=NN)cc1. The van der Waals surface area contributed by atoms with Crippen LogP contribution in [0.4, 0.5) is 5.69 Å². The topological polar surface area (TPSA) is 94.2 Å². The van der Waals surface area contributed by atoms with E-state index in [1.807, 2.05) is 29.2 Å². The molecule has 120 valence electrons. The minimum atomic E-state index is -0.325. The van der Waals surface area contributed by atoms with Gasteiger partial charge in [0.1, 0.15) is 13.2 Å². The summed E-state index contributed by atoms with van der Waals surface area (Å²) < 4.78 is 9.92. The number of ether oxygens (including phenoxy) is 2. The molecule has 22 heavy (non-hydrogen) atoms. The first-order valence-corrected chi connectivity index (χ1v) is 6.88. The van der Waals surface area contributed by atoms with E-state index in [9.17, 15) is 9.59 Å². The van der Waals surface area contributed by atoms with Crippen molar-refractivity contribution in [2.24, 2.45) is 10.9 Å². The van der Waals surface area contributed by atoms with Gasteiger partial charge in [-0.1, -0.05) is 12.1 Å². The lowest BCUT2D eigenvalue weighted by molar-refractivity contribution is -0.141. The normalized spacial score (nSPS) is 10.5. The standard InChI is InChI=1S/C15H21N3O4/c1-12(19)21-9-7-18(8-10-22-13(2)20)15-5-3-14(4-6-15)11-17-16/h3-6,11H,7-10,16H2,1-2H3. The first kappa shape index (κ1) is 17.5. The zero-order valence-corrected chi connectivity index (χ0v) is 12.8. The quantitative estimate of drug-likeness (QED) is 0.332. The Morgan fingerprint density at radius 1 is 1.09 bits per heavy atom. The first-order chi connectivity index (χ1) is 10.5. The summed E-state index contributed by atoms with van der Waals surface area (Å²) in [6.07, 6.45) is 1.55. The Labute approximate surface area is 129 Å². The lowest BCUT2D eigenvalue weighted by Gasteiger charge is -2.24. The fraction of sp³-hybridized carbons (Fsp3) is 0.400. The number of rotatable bonds is 8. The maximum absolute atomic E-state index is 10.8. The Kier molecular flexibility index (Phi) is 7.45. The van der Waals surface area contributed by atoms with E-state index in [1.165, 1.54) is 13.8 Å². The van der Waals surface area contributed by atoms with Crippen LogP contribution in [-0.4, -0.2) is 44.5 Å². The van der Waals surface area contributed by atoms with Crippen molar-refractivity contribution < 1.29 is 19.1 Å². The molecule has 0 aromatic heterocycles. The van der Waals surface area contributed by atoms with Crippen LogP contribution in [0, 0.1) is 0 Å². The summed E-state index contributed by atoms with van der Waals surface area (Å²) in [4.78, 5) is 23.7. The lowest BCUT2D eigenvalue weighted by atomic mass is 10.2. The second-order valence-corrected chi connectivity index (χ2v) is 4.54. The Morgan fingerprint density at radius 2 is 1.59 bits per heavy atom. The first-order valence-electron chi connectivity index (χ1n) is 6.88. The number of nitrogens with zero attached hydrogens (tertiary/aromatic N) is 2. The van der Waals surface area contributed by atoms with Crippen LogP contribution in [0.5, 0.6) is 0 Å². The molecule has 0 atom stereocenters. The molecule has 7 heteroatoms. The van der Waals surface area contributed by atoms with E-state index in [4.69, 9.17) is 15.3 Å². The van der Waals surface area contributed by atoms with Gasteiger partial charge in [0.2, 0.25) is 0 Å². The van der Waals surface area contributed by atoms with Gasteiger partial charge >= 0.3 is 11.9 Å². The van der Waals surface area contributed by atoms with Gasteiger partial charge in [0.15, 0.2) is 0 Å². The van der Waals surface area contributed by atoms with Gasteiger partial charge in [-0.2, -0.15) is 5.10 Å². The van der Waals surface area contributed by atoms with Crippen LogP contribution in [0.1, 0.15) is 19.4 Å². The molecular weight excluding hydrogens is 286 g/mol. The third-order valence-electron chi connectivity index (χ3n) is 2.81. The zero-order valence-electron chi connectivity index (χ0n) is 12.8. The molecule has 0 bridgehead atoms. The van der Waals surface area contributed by atoms with E-state index >= 15 is 0 Å². The number of nitrogens with two attached hydrogens (primary N) is 1. The molecule has 0 spiro atoms. The number of carbonyl (C=O) groups excluding carboxylic acids is 2. The Bertz CT molecular complexity index is 494. The second-order valence-electron chi connectivity index (χ2n) is 4.54. The predicted octanol–water partition coefficient (Wildman–Crippen LogP) is 0.912. The highest BCUT2D eigenvalue weighted by Gasteiger charge is 2.08. The average molecular weight is 307 g/mol. The highest BCUT2D eigenvalue weighted by Crippen LogP contribution is 2.14. The van der Waals surface area contributed by atoms with Crippen LogP contribution in [-0.2, 0) is 19.1 Å². The third-order valence-corrected chi connectivity index (χ3v) is 2.81. The summed E-state index contributed by atoms with van der Waals surface area (Å²) in [5.74, 6) is 4.46. The molecule has 1 rings (SSSR count). The summed E-state index contributed by atoms with van der Waals surface area (Å²) in [6.45, 7) is 4.27. The van der Waals surface area contributed by atoms with Gasteiger partial charge in [0.25, 0.3) is 0 Å². The number of anilines is 1. The molecule has 0 fully saturated rings. The van der Waals surface area contributed by atoms with Crippen LogP contribution in [0.2, 0.25) is 0 Å². The molecule has 0 saturated heterocycles. The van der Waals surface area contributed by atoms with E-state index in [0.717, 1.165) is 11.3 Å². The highest BCUT2D eigenvalue weighted by molar-refractivity contribution is 5.80. The van der Waals surface area contributed by atoms with Crippen LogP contribution < -0.4 is 10.7 Å². The molecule has 0 amide bonds. The predicted molar refractivity (Wildman–Crippen MR) is 83.7 cm³/mol.